The van der Waals surface area contributed by atoms with Crippen molar-refractivity contribution in [3.63, 3.8) is 0 Å². The molecule has 5 rings (SSSR count). The summed E-state index contributed by atoms with van der Waals surface area (Å²) in [6.45, 7) is 66.5. The summed E-state index contributed by atoms with van der Waals surface area (Å²) in [6, 6.07) is 0. The van der Waals surface area contributed by atoms with Crippen molar-refractivity contribution in [1.29, 1.82) is 0 Å². The summed E-state index contributed by atoms with van der Waals surface area (Å²) in [5.74, 6) is 7.16. The van der Waals surface area contributed by atoms with Gasteiger partial charge in [0.15, 0.2) is 35.8 Å². The molecule has 0 bridgehead atoms. The Morgan fingerprint density at radius 2 is 0.680 bits per heavy atom. The van der Waals surface area contributed by atoms with Gasteiger partial charge >= 0.3 is 0 Å². The van der Waals surface area contributed by atoms with Gasteiger partial charge in [0.1, 0.15) is 33.6 Å². The molecule has 0 heterocycles. The SMILES string of the molecule is CC[C-](C)C(=O)OC(C)(CC(C)C)CC(C)C.CC[C-](C)C(=O)OC1(C)C(C)(C)CCCC1(C)C.CC[C-](C)C(=O)OC1(C)C(C)CCCC1(C)C.CC[C-](C)C(=O)OC1(C)C(C)CCCC1C.CC[C-](C)C(=O)OC1(C)CCCCC1.CC[C-](C)C(=O)OC1(C)CCCCC1C.[Y].[Y].[Y].[Y].[Y].[Y]. The van der Waals surface area contributed by atoms with Gasteiger partial charge in [0.05, 0.1) is 0 Å². The molecule has 0 aliphatic heterocycles. The van der Waals surface area contributed by atoms with Crippen molar-refractivity contribution in [2.75, 3.05) is 0 Å². The van der Waals surface area contributed by atoms with Crippen molar-refractivity contribution in [3.8, 4) is 0 Å². The molecule has 0 spiro atoms. The summed E-state index contributed by atoms with van der Waals surface area (Å²) in [7, 11) is 0. The number of carbonyl (C=O) groups excluding carboxylic acids is 6. The van der Waals surface area contributed by atoms with E-state index in [-0.39, 0.29) is 276 Å². The zero-order chi connectivity index (χ0) is 75.5. The minimum Gasteiger partial charge on any atom is -0.482 e. The standard InChI is InChI=1S/C16H29O2.C15H27O2.C15H29O2.C14H25O2.C13H23O2.C12H21O2.6Y/c1-8-12(2)13(17)18-16(7)14(3,4)10-9-11-15(16,5)6;1-7-11(2)13(16)17-15(6)12(3)9-8-10-14(15,4)5;1-8-13(6)14(16)17-15(7,9-11(2)3)10-12(4)5;1-6-10(2)13(15)16-14(5)11(3)8-7-9-12(14)4;1-5-10(2)12(14)15-13(4)9-7-6-8-11(13)3;1-4-10(2)11(13)14-12(3)8-6-5-7-9-12;;;;;;/h8-11H2,1-7H3;12H,7-10H2,1-6H3;11-12H,8-10H2,1-7H3;11-12H,6-9H2,1-5H3;11H,5-9H2,1-4H3;4-9H2,1-3H3;;;;;;/q6*-1;;;;;;. The van der Waals surface area contributed by atoms with Gasteiger partial charge in [0.25, 0.3) is 0 Å². The molecule has 0 saturated heterocycles. The minimum atomic E-state index is -0.397. The maximum Gasteiger partial charge on any atom is 0.170 e. The molecule has 0 amide bonds. The van der Waals surface area contributed by atoms with E-state index in [9.17, 15) is 28.8 Å². The van der Waals surface area contributed by atoms with E-state index in [2.05, 4.69) is 138 Å². The Balaban J connectivity index is -0.000000213. The van der Waals surface area contributed by atoms with Crippen LogP contribution < -0.4 is 0 Å². The molecule has 6 atom stereocenters. The third-order valence-corrected chi connectivity index (χ3v) is 24.5. The number of rotatable bonds is 22. The third kappa shape index (κ3) is 38.8. The summed E-state index contributed by atoms with van der Waals surface area (Å²) < 4.78 is 34.6. The van der Waals surface area contributed by atoms with Gasteiger partial charge in [-0.25, -0.2) is 0 Å². The molecule has 0 aromatic rings. The smallest absolute Gasteiger partial charge is 0.170 e. The molecule has 0 N–H and O–H groups in total. The molecule has 12 nitrogen and oxygen atoms in total. The molecule has 590 valence electrons. The first-order chi connectivity index (χ1) is 44.5. The summed E-state index contributed by atoms with van der Waals surface area (Å²) in [5.41, 5.74) is -1.63. The maximum atomic E-state index is 12.2. The molecule has 18 heteroatoms. The molecule has 5 saturated carbocycles. The fraction of sp³-hybridized carbons (Fsp3) is 0.859. The molecule has 0 aromatic heterocycles. The summed E-state index contributed by atoms with van der Waals surface area (Å²) in [5, 5.41) is 0. The van der Waals surface area contributed by atoms with Crippen LogP contribution in [0.3, 0.4) is 0 Å². The molecule has 5 aliphatic carbocycles. The maximum absolute atomic E-state index is 12.2. The Kier molecular flexibility index (Phi) is 63.8. The second-order valence-electron chi connectivity index (χ2n) is 34.6. The number of hydrogen-bond acceptors (Lipinski definition) is 12. The fourth-order valence-electron chi connectivity index (χ4n) is 14.5. The van der Waals surface area contributed by atoms with Gasteiger partial charge in [-0.05, 0) is 173 Å². The normalized spacial score (nSPS) is 24.2. The monoisotopic (exact) mass is 1900 g/mol. The van der Waals surface area contributed by atoms with Crippen molar-refractivity contribution in [2.45, 2.75) is 422 Å². The Bertz CT molecular complexity index is 2300. The molecule has 0 aromatic carbocycles. The second kappa shape index (κ2) is 55.3. The van der Waals surface area contributed by atoms with Crippen LogP contribution in [0.2, 0.25) is 0 Å². The first-order valence-electron chi connectivity index (χ1n) is 38.8. The van der Waals surface area contributed by atoms with E-state index in [1.54, 1.807) is 0 Å². The first-order valence-corrected chi connectivity index (χ1v) is 38.8. The Labute approximate surface area is 787 Å². The zero-order valence-corrected chi connectivity index (χ0v) is 89.7. The molecule has 6 unspecified atom stereocenters. The quantitative estimate of drug-likeness (QED) is 0.0575. The summed E-state index contributed by atoms with van der Waals surface area (Å²) in [4.78, 5) is 71.3. The van der Waals surface area contributed by atoms with Crippen LogP contribution in [0.4, 0.5) is 0 Å². The van der Waals surface area contributed by atoms with E-state index in [0.29, 0.717) is 35.5 Å². The van der Waals surface area contributed by atoms with E-state index in [0.717, 1.165) is 132 Å². The van der Waals surface area contributed by atoms with Gasteiger partial charge in [-0.15, -0.1) is 0 Å². The van der Waals surface area contributed by atoms with Crippen LogP contribution in [0.15, 0.2) is 0 Å². The van der Waals surface area contributed by atoms with Crippen molar-refractivity contribution in [2.24, 2.45) is 51.8 Å². The number of hydrogen-bond donors (Lipinski definition) is 0. The van der Waals surface area contributed by atoms with E-state index >= 15 is 0 Å². The predicted octanol–water partition coefficient (Wildman–Crippen LogP) is 23.5. The molecule has 6 radical (unpaired) electrons. The van der Waals surface area contributed by atoms with Crippen LogP contribution in [0.5, 0.6) is 0 Å². The van der Waals surface area contributed by atoms with Gasteiger partial charge in [-0.2, -0.15) is 80.1 Å². The van der Waals surface area contributed by atoms with Crippen LogP contribution in [0.1, 0.15) is 389 Å². The second-order valence-corrected chi connectivity index (χ2v) is 34.6. The van der Waals surface area contributed by atoms with Gasteiger partial charge in [-0.3, -0.25) is 64.3 Å². The number of carbonyl (C=O) groups is 6. The van der Waals surface area contributed by atoms with Gasteiger partial charge in [0.2, 0.25) is 0 Å². The molecule has 5 aliphatic rings. The summed E-state index contributed by atoms with van der Waals surface area (Å²) >= 11 is 0. The van der Waals surface area contributed by atoms with Crippen LogP contribution in [0, 0.1) is 87.3 Å². The van der Waals surface area contributed by atoms with E-state index < -0.39 is 5.60 Å². The third-order valence-electron chi connectivity index (χ3n) is 24.5. The fourth-order valence-corrected chi connectivity index (χ4v) is 14.5. The molecule has 103 heavy (non-hydrogen) atoms. The van der Waals surface area contributed by atoms with E-state index in [4.69, 9.17) is 28.4 Å². The van der Waals surface area contributed by atoms with Crippen LogP contribution in [0.25, 0.3) is 0 Å². The molecule has 5 fully saturated rings. The van der Waals surface area contributed by atoms with Gasteiger partial charge in [0, 0.05) is 213 Å². The average molecular weight is 1900 g/mol. The van der Waals surface area contributed by atoms with Crippen molar-refractivity contribution < 1.29 is 253 Å². The van der Waals surface area contributed by atoms with Crippen LogP contribution >= 0.6 is 0 Å². The number of ether oxygens (including phenoxy) is 6. The predicted molar refractivity (Wildman–Crippen MR) is 402 cm³/mol. The number of esters is 6. The largest absolute Gasteiger partial charge is 0.482 e. The van der Waals surface area contributed by atoms with Crippen molar-refractivity contribution in [3.05, 3.63) is 35.5 Å². The molecular weight excluding hydrogens is 1750 g/mol. The average Bonchev–Trinajstić information content (AvgIpc) is 0.744. The van der Waals surface area contributed by atoms with Gasteiger partial charge in [-0.1, -0.05) is 171 Å². The van der Waals surface area contributed by atoms with E-state index in [1.165, 1.54) is 70.6 Å². The Morgan fingerprint density at radius 1 is 0.359 bits per heavy atom. The van der Waals surface area contributed by atoms with Crippen LogP contribution in [-0.4, -0.2) is 69.4 Å². The minimum absolute atomic E-state index is 0. The van der Waals surface area contributed by atoms with Crippen LogP contribution in [-0.2, 0) is 253 Å². The van der Waals surface area contributed by atoms with Gasteiger partial charge < -0.3 is 28.4 Å². The summed E-state index contributed by atoms with van der Waals surface area (Å²) in [6.07, 6.45) is 27.4. The Morgan fingerprint density at radius 3 is 1.05 bits per heavy atom. The first kappa shape index (κ1) is 119. The van der Waals surface area contributed by atoms with Crippen molar-refractivity contribution in [1.82, 2.24) is 0 Å². The van der Waals surface area contributed by atoms with E-state index in [1.807, 2.05) is 83.1 Å². The molecular formula is C85H154O12Y6-6. The Hall–Kier alpha value is 2.66. The topological polar surface area (TPSA) is 158 Å². The zero-order valence-electron chi connectivity index (χ0n) is 72.7. The van der Waals surface area contributed by atoms with Crippen molar-refractivity contribution >= 4 is 35.8 Å².